The smallest absolute Gasteiger partial charge is 0.243 e. The van der Waals surface area contributed by atoms with E-state index in [1.807, 2.05) is 0 Å². The van der Waals surface area contributed by atoms with Crippen LogP contribution in [0, 0.1) is 5.92 Å². The molecule has 1 aliphatic rings. The molecule has 1 aromatic carbocycles. The number of piperidine rings is 1. The van der Waals surface area contributed by atoms with Gasteiger partial charge in [0.1, 0.15) is 0 Å². The van der Waals surface area contributed by atoms with Gasteiger partial charge in [-0.25, -0.2) is 8.42 Å². The summed E-state index contributed by atoms with van der Waals surface area (Å²) in [6, 6.07) is 7.22. The van der Waals surface area contributed by atoms with Crippen LogP contribution in [0.3, 0.4) is 0 Å². The van der Waals surface area contributed by atoms with Crippen molar-refractivity contribution in [3.8, 4) is 0 Å². The van der Waals surface area contributed by atoms with Crippen molar-refractivity contribution in [1.82, 2.24) is 9.62 Å². The van der Waals surface area contributed by atoms with Crippen molar-refractivity contribution in [2.24, 2.45) is 5.92 Å². The zero-order valence-electron chi connectivity index (χ0n) is 17.2. The highest BCUT2D eigenvalue weighted by Crippen LogP contribution is 2.24. The fraction of sp³-hybridized carbons (Fsp3) is 0.650. The largest absolute Gasteiger partial charge is 0.350 e. The number of nitrogens with zero attached hydrogens (tertiary/aromatic N) is 1. The van der Waals surface area contributed by atoms with Crippen molar-refractivity contribution in [2.75, 3.05) is 26.2 Å². The zero-order valence-corrected chi connectivity index (χ0v) is 18.8. The summed E-state index contributed by atoms with van der Waals surface area (Å²) in [5.74, 6) is -0.0892. The third-order valence-electron chi connectivity index (χ3n) is 5.47. The fourth-order valence-electron chi connectivity index (χ4n) is 3.83. The van der Waals surface area contributed by atoms with Crippen LogP contribution < -0.4 is 10.2 Å². The topological polar surface area (TPSA) is 70.9 Å². The molecule has 1 aromatic rings. The van der Waals surface area contributed by atoms with Crippen molar-refractivity contribution in [3.05, 3.63) is 29.3 Å². The molecule has 0 aliphatic carbocycles. The SMILES string of the molecule is CC(C)[NH+](CCNC(=O)C1CCN(S(=O)(=O)c2ccc(Cl)cc2)CC1)C(C)C. The predicted octanol–water partition coefficient (Wildman–Crippen LogP) is 1.56. The van der Waals surface area contributed by atoms with Crippen LogP contribution in [0.5, 0.6) is 0 Å². The van der Waals surface area contributed by atoms with E-state index < -0.39 is 10.0 Å². The quantitative estimate of drug-likeness (QED) is 0.657. The number of benzene rings is 1. The van der Waals surface area contributed by atoms with Gasteiger partial charge in [0, 0.05) is 24.0 Å². The van der Waals surface area contributed by atoms with E-state index in [0.29, 0.717) is 49.6 Å². The monoisotopic (exact) mass is 430 g/mol. The number of halogens is 1. The first-order chi connectivity index (χ1) is 13.1. The van der Waals surface area contributed by atoms with Gasteiger partial charge in [-0.15, -0.1) is 0 Å². The molecule has 1 amide bonds. The van der Waals surface area contributed by atoms with Gasteiger partial charge in [0.05, 0.1) is 30.1 Å². The molecule has 6 nitrogen and oxygen atoms in total. The van der Waals surface area contributed by atoms with Crippen molar-refractivity contribution < 1.29 is 18.1 Å². The third-order valence-corrected chi connectivity index (χ3v) is 7.64. The number of carbonyl (C=O) groups excluding carboxylic acids is 1. The molecule has 0 bridgehead atoms. The van der Waals surface area contributed by atoms with Gasteiger partial charge >= 0.3 is 0 Å². The molecule has 2 N–H and O–H groups in total. The van der Waals surface area contributed by atoms with Crippen LogP contribution in [-0.4, -0.2) is 56.9 Å². The van der Waals surface area contributed by atoms with Gasteiger partial charge in [0.2, 0.25) is 15.9 Å². The van der Waals surface area contributed by atoms with Crippen LogP contribution >= 0.6 is 11.6 Å². The summed E-state index contributed by atoms with van der Waals surface area (Å²) in [6.07, 6.45) is 1.09. The molecule has 8 heteroatoms. The maximum atomic E-state index is 12.7. The summed E-state index contributed by atoms with van der Waals surface area (Å²) in [5.41, 5.74) is 0. The van der Waals surface area contributed by atoms with Crippen LogP contribution in [-0.2, 0) is 14.8 Å². The summed E-state index contributed by atoms with van der Waals surface area (Å²) >= 11 is 5.84. The highest BCUT2D eigenvalue weighted by molar-refractivity contribution is 7.89. The van der Waals surface area contributed by atoms with E-state index >= 15 is 0 Å². The molecule has 0 saturated carbocycles. The summed E-state index contributed by atoms with van der Waals surface area (Å²) in [5, 5.41) is 3.55. The minimum Gasteiger partial charge on any atom is -0.350 e. The van der Waals surface area contributed by atoms with E-state index in [4.69, 9.17) is 11.6 Å². The summed E-state index contributed by atoms with van der Waals surface area (Å²) in [7, 11) is -3.54. The number of sulfonamides is 1. The van der Waals surface area contributed by atoms with Crippen LogP contribution in [0.15, 0.2) is 29.2 Å². The standard InChI is InChI=1S/C20H32ClN3O3S/c1-15(2)24(16(3)4)14-11-22-20(25)17-9-12-23(13-10-17)28(26,27)19-7-5-18(21)6-8-19/h5-8,15-17H,9-14H2,1-4H3,(H,22,25)/p+1. The molecule has 0 aromatic heterocycles. The number of carbonyl (C=O) groups is 1. The van der Waals surface area contributed by atoms with Crippen LogP contribution in [0.25, 0.3) is 0 Å². The molecule has 0 unspecified atom stereocenters. The van der Waals surface area contributed by atoms with Gasteiger partial charge in [-0.2, -0.15) is 4.31 Å². The number of hydrogen-bond acceptors (Lipinski definition) is 3. The van der Waals surface area contributed by atoms with Gasteiger partial charge in [-0.05, 0) is 64.8 Å². The molecule has 0 radical (unpaired) electrons. The Morgan fingerprint density at radius 2 is 1.68 bits per heavy atom. The average Bonchev–Trinajstić information content (AvgIpc) is 2.65. The van der Waals surface area contributed by atoms with Crippen molar-refractivity contribution in [1.29, 1.82) is 0 Å². The zero-order chi connectivity index (χ0) is 20.9. The summed E-state index contributed by atoms with van der Waals surface area (Å²) in [4.78, 5) is 14.2. The first kappa shape index (κ1) is 23.1. The third kappa shape index (κ3) is 5.92. The molecule has 28 heavy (non-hydrogen) atoms. The Labute approximate surface area is 174 Å². The maximum absolute atomic E-state index is 12.7. The fourth-order valence-corrected chi connectivity index (χ4v) is 5.43. The van der Waals surface area contributed by atoms with E-state index in [9.17, 15) is 13.2 Å². The first-order valence-electron chi connectivity index (χ1n) is 10.0. The Morgan fingerprint density at radius 3 is 2.18 bits per heavy atom. The molecule has 158 valence electrons. The minimum absolute atomic E-state index is 0.0374. The van der Waals surface area contributed by atoms with Crippen LogP contribution in [0.4, 0.5) is 0 Å². The molecule has 1 heterocycles. The molecule has 1 aliphatic heterocycles. The molecular formula is C20H33ClN3O3S+. The molecule has 0 atom stereocenters. The minimum atomic E-state index is -3.54. The van der Waals surface area contributed by atoms with Gasteiger partial charge in [-0.3, -0.25) is 4.79 Å². The normalized spacial score (nSPS) is 16.9. The lowest BCUT2D eigenvalue weighted by molar-refractivity contribution is -0.941. The lowest BCUT2D eigenvalue weighted by atomic mass is 9.97. The molecule has 1 saturated heterocycles. The Balaban J connectivity index is 1.84. The van der Waals surface area contributed by atoms with E-state index in [0.717, 1.165) is 6.54 Å². The highest BCUT2D eigenvalue weighted by Gasteiger charge is 2.32. The second-order valence-corrected chi connectivity index (χ2v) is 10.4. The molecule has 2 rings (SSSR count). The van der Waals surface area contributed by atoms with E-state index in [1.165, 1.54) is 21.3 Å². The Kier molecular flexibility index (Phi) is 8.30. The van der Waals surface area contributed by atoms with E-state index in [1.54, 1.807) is 12.1 Å². The second kappa shape index (κ2) is 10.1. The van der Waals surface area contributed by atoms with Crippen LogP contribution in [0.2, 0.25) is 5.02 Å². The predicted molar refractivity (Wildman–Crippen MR) is 112 cm³/mol. The van der Waals surface area contributed by atoms with Crippen LogP contribution in [0.1, 0.15) is 40.5 Å². The number of rotatable bonds is 8. The maximum Gasteiger partial charge on any atom is 0.243 e. The molecular weight excluding hydrogens is 398 g/mol. The Hall–Kier alpha value is -1.15. The van der Waals surface area contributed by atoms with Crippen molar-refractivity contribution in [2.45, 2.75) is 57.5 Å². The summed E-state index contributed by atoms with van der Waals surface area (Å²) in [6.45, 7) is 11.0. The molecule has 0 spiro atoms. The highest BCUT2D eigenvalue weighted by atomic mass is 35.5. The Bertz CT molecular complexity index is 734. The summed E-state index contributed by atoms with van der Waals surface area (Å²) < 4.78 is 26.9. The van der Waals surface area contributed by atoms with E-state index in [-0.39, 0.29) is 16.7 Å². The average molecular weight is 431 g/mol. The van der Waals surface area contributed by atoms with Gasteiger partial charge < -0.3 is 10.2 Å². The number of amides is 1. The van der Waals surface area contributed by atoms with Crippen molar-refractivity contribution >= 4 is 27.5 Å². The Morgan fingerprint density at radius 1 is 1.14 bits per heavy atom. The molecule has 1 fully saturated rings. The number of quaternary nitrogens is 1. The number of nitrogens with one attached hydrogen (secondary N) is 2. The van der Waals surface area contributed by atoms with Gasteiger partial charge in [0.15, 0.2) is 0 Å². The van der Waals surface area contributed by atoms with E-state index in [2.05, 4.69) is 33.0 Å². The van der Waals surface area contributed by atoms with Gasteiger partial charge in [0.25, 0.3) is 0 Å². The first-order valence-corrected chi connectivity index (χ1v) is 11.8. The lowest BCUT2D eigenvalue weighted by Crippen LogP contribution is -3.18. The van der Waals surface area contributed by atoms with Gasteiger partial charge in [-0.1, -0.05) is 11.6 Å². The second-order valence-electron chi connectivity index (χ2n) is 8.06. The lowest BCUT2D eigenvalue weighted by Gasteiger charge is -2.31. The number of hydrogen-bond donors (Lipinski definition) is 2. The van der Waals surface area contributed by atoms with Crippen molar-refractivity contribution in [3.63, 3.8) is 0 Å².